The lowest BCUT2D eigenvalue weighted by Gasteiger charge is -2.15. The Morgan fingerprint density at radius 3 is 2.26 bits per heavy atom. The summed E-state index contributed by atoms with van der Waals surface area (Å²) in [5.74, 6) is -1.23. The summed E-state index contributed by atoms with van der Waals surface area (Å²) in [4.78, 5) is 24.6. The lowest BCUT2D eigenvalue weighted by molar-refractivity contribution is -0.115. The Labute approximate surface area is 161 Å². The Bertz CT molecular complexity index is 774. The summed E-state index contributed by atoms with van der Waals surface area (Å²) in [5, 5.41) is 2.73. The summed E-state index contributed by atoms with van der Waals surface area (Å²) in [6.45, 7) is 0. The number of halogens is 5. The number of ketones is 1. The molecule has 0 spiro atoms. The number of amides is 1. The molecule has 1 N–H and O–H groups in total. The number of carbonyl (C=O) groups excluding carboxylic acids is 2. The van der Waals surface area contributed by atoms with Crippen LogP contribution in [0, 0.1) is 0 Å². The lowest BCUT2D eigenvalue weighted by Crippen LogP contribution is -2.27. The Morgan fingerprint density at radius 2 is 1.65 bits per heavy atom. The van der Waals surface area contributed by atoms with Crippen LogP contribution in [0.5, 0.6) is 0 Å². The summed E-state index contributed by atoms with van der Waals surface area (Å²) in [6, 6.07) is 11.3. The van der Waals surface area contributed by atoms with Gasteiger partial charge in [-0.05, 0) is 30.3 Å². The van der Waals surface area contributed by atoms with Gasteiger partial charge in [-0.25, -0.2) is 0 Å². The highest BCUT2D eigenvalue weighted by Gasteiger charge is 2.31. The second kappa shape index (κ2) is 7.41. The molecule has 0 unspecified atom stereocenters. The molecule has 0 radical (unpaired) electrons. The Hall–Kier alpha value is -0.780. The first-order valence-electron chi connectivity index (χ1n) is 6.17. The maximum absolute atomic E-state index is 12.7. The molecule has 0 atom stereocenters. The molecule has 23 heavy (non-hydrogen) atoms. The molecule has 0 aliphatic rings. The van der Waals surface area contributed by atoms with E-state index in [1.165, 1.54) is 6.07 Å². The van der Waals surface area contributed by atoms with Gasteiger partial charge in [0.2, 0.25) is 0 Å². The van der Waals surface area contributed by atoms with Crippen LogP contribution in [0.1, 0.15) is 15.9 Å². The van der Waals surface area contributed by atoms with E-state index in [-0.39, 0.29) is 17.0 Å². The summed E-state index contributed by atoms with van der Waals surface area (Å²) >= 11 is 26.0. The van der Waals surface area contributed by atoms with Crippen molar-refractivity contribution >= 4 is 79.7 Å². The van der Waals surface area contributed by atoms with Crippen molar-refractivity contribution in [1.29, 1.82) is 0 Å². The molecule has 0 aliphatic heterocycles. The summed E-state index contributed by atoms with van der Waals surface area (Å²) in [7, 11) is 0. The number of nitrogens with one attached hydrogen (secondary N) is 1. The van der Waals surface area contributed by atoms with Crippen LogP contribution in [0.4, 0.5) is 5.69 Å². The van der Waals surface area contributed by atoms with E-state index in [0.717, 1.165) is 0 Å². The smallest absolute Gasteiger partial charge is 0.276 e. The highest BCUT2D eigenvalue weighted by Crippen LogP contribution is 2.31. The average molecular weight is 456 g/mol. The van der Waals surface area contributed by atoms with E-state index in [9.17, 15) is 9.59 Å². The summed E-state index contributed by atoms with van der Waals surface area (Å²) in [6.07, 6.45) is 0. The zero-order valence-corrected chi connectivity index (χ0v) is 15.9. The van der Waals surface area contributed by atoms with Gasteiger partial charge in [0, 0.05) is 15.6 Å². The topological polar surface area (TPSA) is 46.2 Å². The van der Waals surface area contributed by atoms with Crippen LogP contribution in [0.15, 0.2) is 46.9 Å². The number of benzene rings is 2. The number of rotatable bonds is 3. The van der Waals surface area contributed by atoms with Gasteiger partial charge in [-0.2, -0.15) is 0 Å². The van der Waals surface area contributed by atoms with Crippen molar-refractivity contribution in [1.82, 2.24) is 0 Å². The van der Waals surface area contributed by atoms with Gasteiger partial charge in [-0.1, -0.05) is 74.5 Å². The molecule has 0 saturated heterocycles. The molecule has 0 aliphatic carbocycles. The highest BCUT2D eigenvalue weighted by atomic mass is 79.9. The van der Waals surface area contributed by atoms with Gasteiger partial charge in [0.05, 0.1) is 10.7 Å². The molecule has 0 aromatic heterocycles. The first kappa shape index (κ1) is 18.6. The van der Waals surface area contributed by atoms with Crippen molar-refractivity contribution < 1.29 is 9.59 Å². The molecule has 3 nitrogen and oxygen atoms in total. The van der Waals surface area contributed by atoms with E-state index in [1.807, 2.05) is 0 Å². The largest absolute Gasteiger partial charge is 0.322 e. The summed E-state index contributed by atoms with van der Waals surface area (Å²) < 4.78 is -1.49. The number of alkyl halides is 3. The fourth-order valence-electron chi connectivity index (χ4n) is 1.80. The SMILES string of the molecule is O=C(c1ccccc1Cl)c1cc(Br)ccc1NC(=O)C(Cl)(Cl)Cl. The number of hydrogen-bond donors (Lipinski definition) is 1. The van der Waals surface area contributed by atoms with Crippen LogP contribution in [0.3, 0.4) is 0 Å². The fraction of sp³-hybridized carbons (Fsp3) is 0.0667. The molecule has 0 bridgehead atoms. The summed E-state index contributed by atoms with van der Waals surface area (Å²) in [5.41, 5.74) is 0.737. The average Bonchev–Trinajstić information content (AvgIpc) is 2.48. The molecule has 1 amide bonds. The van der Waals surface area contributed by atoms with E-state index >= 15 is 0 Å². The Kier molecular flexibility index (Phi) is 5.98. The van der Waals surface area contributed by atoms with E-state index in [2.05, 4.69) is 21.2 Å². The third-order valence-electron chi connectivity index (χ3n) is 2.85. The standard InChI is InChI=1S/C15H8BrCl4NO2/c16-8-5-6-12(21-14(23)15(18,19)20)10(7-8)13(22)9-3-1-2-4-11(9)17/h1-7H,(H,21,23). The zero-order valence-electron chi connectivity index (χ0n) is 11.2. The van der Waals surface area contributed by atoms with Crippen LogP contribution >= 0.6 is 62.3 Å². The minimum absolute atomic E-state index is 0.217. The van der Waals surface area contributed by atoms with Gasteiger partial charge in [0.25, 0.3) is 9.70 Å². The lowest BCUT2D eigenvalue weighted by atomic mass is 10.0. The van der Waals surface area contributed by atoms with Crippen molar-refractivity contribution in [2.45, 2.75) is 3.79 Å². The van der Waals surface area contributed by atoms with Gasteiger partial charge >= 0.3 is 0 Å². The van der Waals surface area contributed by atoms with Gasteiger partial charge < -0.3 is 5.32 Å². The predicted molar refractivity (Wildman–Crippen MR) is 97.9 cm³/mol. The van der Waals surface area contributed by atoms with E-state index in [1.54, 1.807) is 36.4 Å². The minimum Gasteiger partial charge on any atom is -0.322 e. The quantitative estimate of drug-likeness (QED) is 0.480. The maximum atomic E-state index is 12.7. The first-order valence-corrected chi connectivity index (χ1v) is 8.47. The van der Waals surface area contributed by atoms with Crippen LogP contribution in [-0.4, -0.2) is 15.5 Å². The van der Waals surface area contributed by atoms with E-state index in [0.29, 0.717) is 15.1 Å². The predicted octanol–water partition coefficient (Wildman–Crippen LogP) is 5.64. The number of hydrogen-bond acceptors (Lipinski definition) is 2. The highest BCUT2D eigenvalue weighted by molar-refractivity contribution is 9.10. The molecule has 0 heterocycles. The Morgan fingerprint density at radius 1 is 1.00 bits per heavy atom. The van der Waals surface area contributed by atoms with E-state index < -0.39 is 9.70 Å². The van der Waals surface area contributed by atoms with Gasteiger partial charge in [0.15, 0.2) is 5.78 Å². The third-order valence-corrected chi connectivity index (χ3v) is 4.19. The van der Waals surface area contributed by atoms with Crippen LogP contribution < -0.4 is 5.32 Å². The van der Waals surface area contributed by atoms with Crippen LogP contribution in [0.25, 0.3) is 0 Å². The van der Waals surface area contributed by atoms with Crippen molar-refractivity contribution in [2.75, 3.05) is 5.32 Å². The minimum atomic E-state index is -2.14. The number of carbonyl (C=O) groups is 2. The monoisotopic (exact) mass is 453 g/mol. The number of anilines is 1. The molecule has 2 rings (SSSR count). The van der Waals surface area contributed by atoms with Crippen molar-refractivity contribution in [3.63, 3.8) is 0 Å². The van der Waals surface area contributed by atoms with Crippen LogP contribution in [0.2, 0.25) is 5.02 Å². The molecule has 0 fully saturated rings. The molecule has 120 valence electrons. The maximum Gasteiger partial charge on any atom is 0.276 e. The van der Waals surface area contributed by atoms with Crippen molar-refractivity contribution in [3.8, 4) is 0 Å². The molecule has 2 aromatic carbocycles. The van der Waals surface area contributed by atoms with Crippen LogP contribution in [-0.2, 0) is 4.79 Å². The van der Waals surface area contributed by atoms with Gasteiger partial charge in [-0.15, -0.1) is 0 Å². The fourth-order valence-corrected chi connectivity index (χ4v) is 2.52. The first-order chi connectivity index (χ1) is 10.7. The molecular weight excluding hydrogens is 448 g/mol. The molecular formula is C15H8BrCl4NO2. The molecule has 0 saturated carbocycles. The van der Waals surface area contributed by atoms with Gasteiger partial charge in [-0.3, -0.25) is 9.59 Å². The Balaban J connectivity index is 2.46. The van der Waals surface area contributed by atoms with Crippen molar-refractivity contribution in [3.05, 3.63) is 63.1 Å². The molecule has 2 aromatic rings. The van der Waals surface area contributed by atoms with E-state index in [4.69, 9.17) is 46.4 Å². The molecule has 8 heteroatoms. The normalized spacial score (nSPS) is 11.2. The zero-order chi connectivity index (χ0) is 17.2. The second-order valence-corrected chi connectivity index (χ2v) is 8.05. The third kappa shape index (κ3) is 4.61. The van der Waals surface area contributed by atoms with Gasteiger partial charge in [0.1, 0.15) is 0 Å². The second-order valence-electron chi connectivity index (χ2n) is 4.45. The van der Waals surface area contributed by atoms with Crippen molar-refractivity contribution in [2.24, 2.45) is 0 Å².